The van der Waals surface area contributed by atoms with E-state index in [-0.39, 0.29) is 6.42 Å². The molecule has 1 atom stereocenters. The first-order valence-electron chi connectivity index (χ1n) is 5.34. The lowest BCUT2D eigenvalue weighted by molar-refractivity contribution is 0.0561. The number of alkyl halides is 1. The van der Waals surface area contributed by atoms with Gasteiger partial charge in [0.05, 0.1) is 17.2 Å². The van der Waals surface area contributed by atoms with E-state index in [1.165, 1.54) is 6.08 Å². The highest BCUT2D eigenvalue weighted by atomic mass is 19.1. The molecular weight excluding hydrogens is 221 g/mol. The lowest BCUT2D eigenvalue weighted by Gasteiger charge is -2.22. The van der Waals surface area contributed by atoms with Crippen molar-refractivity contribution in [1.29, 1.82) is 0 Å². The molecule has 2 rings (SSSR count). The second kappa shape index (κ2) is 4.49. The molecule has 17 heavy (non-hydrogen) atoms. The van der Waals surface area contributed by atoms with Gasteiger partial charge in [0.25, 0.3) is 11.8 Å². The first-order valence-corrected chi connectivity index (χ1v) is 5.34. The average molecular weight is 233 g/mol. The van der Waals surface area contributed by atoms with E-state index in [9.17, 15) is 14.0 Å². The summed E-state index contributed by atoms with van der Waals surface area (Å²) in [7, 11) is 0. The molecule has 0 aliphatic carbocycles. The maximum atomic E-state index is 12.9. The summed E-state index contributed by atoms with van der Waals surface area (Å²) in [5.74, 6) is -0.842. The molecule has 1 heterocycles. The van der Waals surface area contributed by atoms with Gasteiger partial charge < -0.3 is 0 Å². The number of benzene rings is 1. The molecule has 88 valence electrons. The summed E-state index contributed by atoms with van der Waals surface area (Å²) < 4.78 is 12.9. The van der Waals surface area contributed by atoms with Crippen LogP contribution in [0.2, 0.25) is 0 Å². The van der Waals surface area contributed by atoms with Crippen LogP contribution in [0, 0.1) is 0 Å². The molecule has 1 aromatic carbocycles. The van der Waals surface area contributed by atoms with Crippen molar-refractivity contribution in [1.82, 2.24) is 4.90 Å². The molecule has 0 bridgehead atoms. The maximum absolute atomic E-state index is 12.9. The number of carbonyl (C=O) groups excluding carboxylic acids is 2. The van der Waals surface area contributed by atoms with Crippen LogP contribution < -0.4 is 0 Å². The molecular formula is C13H12FNO2. The summed E-state index contributed by atoms with van der Waals surface area (Å²) in [5, 5.41) is 0. The number of rotatable bonds is 4. The first-order chi connectivity index (χ1) is 8.20. The molecule has 0 N–H and O–H groups in total. The third kappa shape index (κ3) is 1.75. The third-order valence-corrected chi connectivity index (χ3v) is 2.81. The zero-order valence-electron chi connectivity index (χ0n) is 9.23. The summed E-state index contributed by atoms with van der Waals surface area (Å²) in [5.41, 5.74) is 0.694. The van der Waals surface area contributed by atoms with Crippen molar-refractivity contribution >= 4 is 11.8 Å². The second-order valence-electron chi connectivity index (χ2n) is 3.86. The van der Waals surface area contributed by atoms with Crippen LogP contribution in [0.1, 0.15) is 27.1 Å². The van der Waals surface area contributed by atoms with Gasteiger partial charge in [-0.1, -0.05) is 18.2 Å². The lowest BCUT2D eigenvalue weighted by atomic mass is 10.1. The van der Waals surface area contributed by atoms with E-state index in [1.807, 2.05) is 0 Å². The Hall–Kier alpha value is -1.97. The van der Waals surface area contributed by atoms with Gasteiger partial charge in [0.15, 0.2) is 0 Å². The van der Waals surface area contributed by atoms with Gasteiger partial charge in [-0.25, -0.2) is 4.39 Å². The predicted molar refractivity (Wildman–Crippen MR) is 61.5 cm³/mol. The van der Waals surface area contributed by atoms with Crippen LogP contribution in [0.3, 0.4) is 0 Å². The van der Waals surface area contributed by atoms with E-state index in [0.717, 1.165) is 4.90 Å². The Labute approximate surface area is 98.5 Å². The van der Waals surface area contributed by atoms with Crippen LogP contribution >= 0.6 is 0 Å². The molecule has 0 unspecified atom stereocenters. The summed E-state index contributed by atoms with van der Waals surface area (Å²) in [6.45, 7) is 2.75. The number of carbonyl (C=O) groups is 2. The fraction of sp³-hybridized carbons (Fsp3) is 0.231. The Morgan fingerprint density at radius 3 is 2.18 bits per heavy atom. The number of hydrogen-bond donors (Lipinski definition) is 0. The van der Waals surface area contributed by atoms with Gasteiger partial charge in [-0.15, -0.1) is 6.58 Å². The third-order valence-electron chi connectivity index (χ3n) is 2.81. The monoisotopic (exact) mass is 233 g/mol. The summed E-state index contributed by atoms with van der Waals surface area (Å²) in [6.07, 6.45) is 1.77. The van der Waals surface area contributed by atoms with Gasteiger partial charge in [0.1, 0.15) is 6.67 Å². The Morgan fingerprint density at radius 1 is 1.24 bits per heavy atom. The molecule has 0 fully saturated rings. The molecule has 0 radical (unpaired) electrons. The highest BCUT2D eigenvalue weighted by Crippen LogP contribution is 2.25. The largest absolute Gasteiger partial charge is 0.269 e. The van der Waals surface area contributed by atoms with Crippen molar-refractivity contribution in [2.75, 3.05) is 6.67 Å². The number of imide groups is 1. The first kappa shape index (κ1) is 11.5. The van der Waals surface area contributed by atoms with Crippen LogP contribution in [-0.2, 0) is 0 Å². The number of amides is 2. The predicted octanol–water partition coefficient (Wildman–Crippen LogP) is 2.20. The molecule has 2 amide bonds. The lowest BCUT2D eigenvalue weighted by Crippen LogP contribution is -2.40. The topological polar surface area (TPSA) is 37.4 Å². The fourth-order valence-corrected chi connectivity index (χ4v) is 1.97. The second-order valence-corrected chi connectivity index (χ2v) is 3.86. The van der Waals surface area contributed by atoms with Crippen LogP contribution in [0.25, 0.3) is 0 Å². The molecule has 0 saturated carbocycles. The Balaban J connectivity index is 2.38. The molecule has 3 nitrogen and oxygen atoms in total. The molecule has 0 spiro atoms. The van der Waals surface area contributed by atoms with Crippen molar-refractivity contribution in [3.63, 3.8) is 0 Å². The minimum atomic E-state index is -0.752. The van der Waals surface area contributed by atoms with Gasteiger partial charge in [0, 0.05) is 0 Å². The van der Waals surface area contributed by atoms with Crippen molar-refractivity contribution in [2.24, 2.45) is 0 Å². The van der Waals surface area contributed by atoms with Gasteiger partial charge in [-0.3, -0.25) is 14.5 Å². The summed E-state index contributed by atoms with van der Waals surface area (Å²) in [6, 6.07) is 5.79. The number of fused-ring (bicyclic) bond motifs is 1. The molecule has 4 heteroatoms. The van der Waals surface area contributed by atoms with Gasteiger partial charge >= 0.3 is 0 Å². The van der Waals surface area contributed by atoms with Crippen molar-refractivity contribution < 1.29 is 14.0 Å². The molecule has 1 aliphatic heterocycles. The van der Waals surface area contributed by atoms with Crippen LogP contribution in [-0.4, -0.2) is 29.4 Å². The van der Waals surface area contributed by atoms with E-state index < -0.39 is 24.5 Å². The summed E-state index contributed by atoms with van der Waals surface area (Å²) >= 11 is 0. The fourth-order valence-electron chi connectivity index (χ4n) is 1.97. The number of hydrogen-bond acceptors (Lipinski definition) is 2. The molecule has 0 saturated heterocycles. The van der Waals surface area contributed by atoms with E-state index in [2.05, 4.69) is 6.58 Å². The van der Waals surface area contributed by atoms with Crippen LogP contribution in [0.15, 0.2) is 36.9 Å². The van der Waals surface area contributed by atoms with Crippen molar-refractivity contribution in [3.8, 4) is 0 Å². The molecule has 1 aromatic rings. The number of nitrogens with zero attached hydrogens (tertiary/aromatic N) is 1. The highest BCUT2D eigenvalue weighted by Gasteiger charge is 2.39. The van der Waals surface area contributed by atoms with Crippen LogP contribution in [0.5, 0.6) is 0 Å². The highest BCUT2D eigenvalue weighted by molar-refractivity contribution is 6.21. The van der Waals surface area contributed by atoms with E-state index in [4.69, 9.17) is 0 Å². The average Bonchev–Trinajstić information content (AvgIpc) is 2.61. The van der Waals surface area contributed by atoms with Crippen molar-refractivity contribution in [2.45, 2.75) is 12.5 Å². The van der Waals surface area contributed by atoms with E-state index >= 15 is 0 Å². The summed E-state index contributed by atoms with van der Waals surface area (Å²) in [4.78, 5) is 25.0. The Kier molecular flexibility index (Phi) is 3.04. The minimum Gasteiger partial charge on any atom is -0.269 e. The van der Waals surface area contributed by atoms with Crippen molar-refractivity contribution in [3.05, 3.63) is 48.0 Å². The zero-order valence-corrected chi connectivity index (χ0v) is 9.23. The van der Waals surface area contributed by atoms with Gasteiger partial charge in [-0.05, 0) is 18.6 Å². The Bertz CT molecular complexity index is 449. The van der Waals surface area contributed by atoms with E-state index in [0.29, 0.717) is 11.1 Å². The maximum Gasteiger partial charge on any atom is 0.261 e. The smallest absolute Gasteiger partial charge is 0.261 e. The quantitative estimate of drug-likeness (QED) is 0.590. The number of halogens is 1. The normalized spacial score (nSPS) is 15.9. The van der Waals surface area contributed by atoms with Gasteiger partial charge in [-0.2, -0.15) is 0 Å². The SMILES string of the molecule is C=CC[C@@H](CF)N1C(=O)c2ccccc2C1=O. The molecule has 0 aromatic heterocycles. The Morgan fingerprint density at radius 2 is 1.76 bits per heavy atom. The van der Waals surface area contributed by atoms with E-state index in [1.54, 1.807) is 24.3 Å². The van der Waals surface area contributed by atoms with Gasteiger partial charge in [0.2, 0.25) is 0 Å². The standard InChI is InChI=1S/C13H12FNO2/c1-2-5-9(8-14)15-12(16)10-6-3-4-7-11(10)13(15)17/h2-4,6-7,9H,1,5,8H2/t9-/m0/s1. The molecule has 1 aliphatic rings. The van der Waals surface area contributed by atoms with Crippen LogP contribution in [0.4, 0.5) is 4.39 Å². The minimum absolute atomic E-state index is 0.266. The zero-order chi connectivity index (χ0) is 12.4.